The van der Waals surface area contributed by atoms with Crippen molar-refractivity contribution in [1.29, 1.82) is 0 Å². The molecule has 0 amide bonds. The highest BCUT2D eigenvalue weighted by atomic mass is 32.2. The number of methoxy groups -OCH3 is 1. The van der Waals surface area contributed by atoms with Gasteiger partial charge in [-0.15, -0.1) is 10.2 Å². The van der Waals surface area contributed by atoms with Crippen LogP contribution in [0.1, 0.15) is 16.8 Å². The van der Waals surface area contributed by atoms with Gasteiger partial charge in [-0.2, -0.15) is 0 Å². The summed E-state index contributed by atoms with van der Waals surface area (Å²) in [6.07, 6.45) is 1.80. The first-order valence-electron chi connectivity index (χ1n) is 9.66. The minimum atomic E-state index is -0.0828. The Morgan fingerprint density at radius 3 is 2.73 bits per heavy atom. The predicted molar refractivity (Wildman–Crippen MR) is 118 cm³/mol. The number of nitrogens with zero attached hydrogens (tertiary/aromatic N) is 5. The van der Waals surface area contributed by atoms with Crippen LogP contribution in [-0.2, 0) is 17.0 Å². The number of thioether (sulfide) groups is 1. The zero-order chi connectivity index (χ0) is 21.1. The summed E-state index contributed by atoms with van der Waals surface area (Å²) in [5.41, 5.74) is 4.48. The molecule has 30 heavy (non-hydrogen) atoms. The van der Waals surface area contributed by atoms with Crippen LogP contribution in [0.3, 0.4) is 0 Å². The zero-order valence-electron chi connectivity index (χ0n) is 17.2. The predicted octanol–water partition coefficient (Wildman–Crippen LogP) is 3.51. The Labute approximate surface area is 178 Å². The fourth-order valence-corrected chi connectivity index (χ4v) is 4.10. The first-order valence-corrected chi connectivity index (χ1v) is 10.6. The van der Waals surface area contributed by atoms with Gasteiger partial charge in [0.15, 0.2) is 11.0 Å². The van der Waals surface area contributed by atoms with Gasteiger partial charge in [0, 0.05) is 30.7 Å². The molecular formula is C22H23N5O2S. The van der Waals surface area contributed by atoms with Crippen molar-refractivity contribution in [2.45, 2.75) is 31.3 Å². The zero-order valence-corrected chi connectivity index (χ0v) is 18.0. The molecule has 1 aromatic carbocycles. The van der Waals surface area contributed by atoms with Gasteiger partial charge in [-0.05, 0) is 31.5 Å². The van der Waals surface area contributed by atoms with Crippen molar-refractivity contribution >= 4 is 17.4 Å². The third-order valence-corrected chi connectivity index (χ3v) is 5.72. The lowest BCUT2D eigenvalue weighted by molar-refractivity contribution is 0.185. The molecule has 4 aromatic rings. The van der Waals surface area contributed by atoms with Crippen molar-refractivity contribution in [3.8, 4) is 11.4 Å². The number of aryl methyl sites for hydroxylation is 2. The molecule has 0 spiro atoms. The van der Waals surface area contributed by atoms with Crippen molar-refractivity contribution in [2.75, 3.05) is 13.7 Å². The number of hydrogen-bond donors (Lipinski definition) is 0. The van der Waals surface area contributed by atoms with Crippen LogP contribution >= 0.6 is 11.8 Å². The van der Waals surface area contributed by atoms with E-state index in [2.05, 4.69) is 38.8 Å². The molecular weight excluding hydrogens is 398 g/mol. The van der Waals surface area contributed by atoms with E-state index in [4.69, 9.17) is 4.74 Å². The normalized spacial score (nSPS) is 11.3. The van der Waals surface area contributed by atoms with Crippen molar-refractivity contribution in [2.24, 2.45) is 0 Å². The fraction of sp³-hybridized carbons (Fsp3) is 0.273. The Hall–Kier alpha value is -2.97. The second kappa shape index (κ2) is 8.81. The quantitative estimate of drug-likeness (QED) is 0.425. The lowest BCUT2D eigenvalue weighted by Crippen LogP contribution is -2.15. The molecule has 3 aromatic heterocycles. The van der Waals surface area contributed by atoms with E-state index in [1.54, 1.807) is 23.8 Å². The van der Waals surface area contributed by atoms with E-state index in [-0.39, 0.29) is 5.56 Å². The Morgan fingerprint density at radius 1 is 1.07 bits per heavy atom. The highest BCUT2D eigenvalue weighted by molar-refractivity contribution is 7.98. The first-order chi connectivity index (χ1) is 14.5. The van der Waals surface area contributed by atoms with E-state index in [0.29, 0.717) is 30.2 Å². The molecule has 7 nitrogen and oxygen atoms in total. The summed E-state index contributed by atoms with van der Waals surface area (Å²) < 4.78 is 8.90. The monoisotopic (exact) mass is 421 g/mol. The van der Waals surface area contributed by atoms with E-state index in [0.717, 1.165) is 22.1 Å². The van der Waals surface area contributed by atoms with Crippen LogP contribution in [0, 0.1) is 13.8 Å². The van der Waals surface area contributed by atoms with Crippen molar-refractivity contribution in [1.82, 2.24) is 24.1 Å². The average molecular weight is 422 g/mol. The van der Waals surface area contributed by atoms with Crippen LogP contribution in [0.25, 0.3) is 17.0 Å². The smallest absolute Gasteiger partial charge is 0.258 e. The summed E-state index contributed by atoms with van der Waals surface area (Å²) in [6.45, 7) is 5.20. The van der Waals surface area contributed by atoms with Gasteiger partial charge in [0.2, 0.25) is 0 Å². The fourth-order valence-electron chi connectivity index (χ4n) is 3.25. The van der Waals surface area contributed by atoms with Crippen molar-refractivity contribution < 1.29 is 4.74 Å². The molecule has 0 saturated carbocycles. The van der Waals surface area contributed by atoms with Gasteiger partial charge >= 0.3 is 0 Å². The van der Waals surface area contributed by atoms with Crippen molar-refractivity contribution in [3.05, 3.63) is 75.8 Å². The highest BCUT2D eigenvalue weighted by Gasteiger charge is 2.15. The molecule has 0 unspecified atom stereocenters. The van der Waals surface area contributed by atoms with E-state index >= 15 is 0 Å². The summed E-state index contributed by atoms with van der Waals surface area (Å²) >= 11 is 1.51. The largest absolute Gasteiger partial charge is 0.383 e. The van der Waals surface area contributed by atoms with Crippen LogP contribution in [-0.4, -0.2) is 37.9 Å². The molecule has 154 valence electrons. The van der Waals surface area contributed by atoms with Crippen LogP contribution < -0.4 is 5.56 Å². The maximum Gasteiger partial charge on any atom is 0.258 e. The third-order valence-electron chi connectivity index (χ3n) is 4.72. The number of pyridine rings is 1. The summed E-state index contributed by atoms with van der Waals surface area (Å²) in [7, 11) is 1.68. The average Bonchev–Trinajstić information content (AvgIpc) is 3.14. The minimum absolute atomic E-state index is 0.0828. The Morgan fingerprint density at radius 2 is 1.93 bits per heavy atom. The Balaban J connectivity index is 1.62. The number of fused-ring (bicyclic) bond motifs is 1. The van der Waals surface area contributed by atoms with Crippen molar-refractivity contribution in [3.63, 3.8) is 0 Å². The minimum Gasteiger partial charge on any atom is -0.383 e. The van der Waals surface area contributed by atoms with Gasteiger partial charge in [-0.25, -0.2) is 4.98 Å². The van der Waals surface area contributed by atoms with E-state index in [1.807, 2.05) is 31.2 Å². The molecule has 0 radical (unpaired) electrons. The maximum atomic E-state index is 12.5. The molecule has 0 aliphatic rings. The van der Waals surface area contributed by atoms with Gasteiger partial charge in [-0.1, -0.05) is 41.6 Å². The standard InChI is InChI=1S/C22H23N5O2S/c1-15-5-4-6-17(11-15)21-24-25-22(26(21)9-10-29-3)30-14-18-12-20(28)27-13-16(2)7-8-19(27)23-18/h4-8,11-13H,9-10,14H2,1-3H3. The molecule has 0 fully saturated rings. The lowest BCUT2D eigenvalue weighted by Gasteiger charge is -2.10. The van der Waals surface area contributed by atoms with E-state index < -0.39 is 0 Å². The molecule has 0 atom stereocenters. The van der Waals surface area contributed by atoms with Gasteiger partial charge in [0.1, 0.15) is 5.65 Å². The number of ether oxygens (including phenoxy) is 1. The second-order valence-corrected chi connectivity index (χ2v) is 8.07. The summed E-state index contributed by atoms with van der Waals surface area (Å²) in [6, 6.07) is 13.6. The SMILES string of the molecule is COCCn1c(SCc2cc(=O)n3cc(C)ccc3n2)nnc1-c1cccc(C)c1. The van der Waals surface area contributed by atoms with Crippen LogP contribution in [0.5, 0.6) is 0 Å². The van der Waals surface area contributed by atoms with Gasteiger partial charge in [0.05, 0.1) is 18.8 Å². The maximum absolute atomic E-state index is 12.5. The summed E-state index contributed by atoms with van der Waals surface area (Å²) in [4.78, 5) is 17.1. The Bertz CT molecular complexity index is 1250. The molecule has 0 bridgehead atoms. The molecule has 8 heteroatoms. The molecule has 4 rings (SSSR count). The molecule has 0 aliphatic carbocycles. The number of benzene rings is 1. The molecule has 0 N–H and O–H groups in total. The number of rotatable bonds is 7. The molecule has 0 aliphatic heterocycles. The van der Waals surface area contributed by atoms with E-state index in [1.165, 1.54) is 17.3 Å². The third kappa shape index (κ3) is 4.29. The van der Waals surface area contributed by atoms with Crippen LogP contribution in [0.4, 0.5) is 0 Å². The topological polar surface area (TPSA) is 74.3 Å². The summed E-state index contributed by atoms with van der Waals surface area (Å²) in [5, 5.41) is 9.59. The molecule has 3 heterocycles. The molecule has 0 saturated heterocycles. The highest BCUT2D eigenvalue weighted by Crippen LogP contribution is 2.26. The first kappa shape index (κ1) is 20.3. The summed E-state index contributed by atoms with van der Waals surface area (Å²) in [5.74, 6) is 1.33. The van der Waals surface area contributed by atoms with Gasteiger partial charge < -0.3 is 4.74 Å². The second-order valence-electron chi connectivity index (χ2n) is 7.13. The number of hydrogen-bond acceptors (Lipinski definition) is 6. The lowest BCUT2D eigenvalue weighted by atomic mass is 10.1. The number of aromatic nitrogens is 5. The Kier molecular flexibility index (Phi) is 5.96. The van der Waals surface area contributed by atoms with Gasteiger partial charge in [-0.3, -0.25) is 13.8 Å². The van der Waals surface area contributed by atoms with Gasteiger partial charge in [0.25, 0.3) is 5.56 Å². The van der Waals surface area contributed by atoms with E-state index in [9.17, 15) is 4.79 Å². The van der Waals surface area contributed by atoms with Crippen LogP contribution in [0.15, 0.2) is 58.6 Å². The van der Waals surface area contributed by atoms with Crippen LogP contribution in [0.2, 0.25) is 0 Å².